The van der Waals surface area contributed by atoms with Gasteiger partial charge in [0.1, 0.15) is 5.69 Å². The molecule has 0 bridgehead atoms. The zero-order chi connectivity index (χ0) is 21.3. The number of benzene rings is 1. The molecule has 0 radical (unpaired) electrons. The van der Waals surface area contributed by atoms with E-state index < -0.39 is 0 Å². The summed E-state index contributed by atoms with van der Waals surface area (Å²) in [7, 11) is 1.96. The van der Waals surface area contributed by atoms with E-state index in [1.54, 1.807) is 11.8 Å². The molecule has 3 heterocycles. The molecule has 2 aromatic heterocycles. The Bertz CT molecular complexity index is 1050. The van der Waals surface area contributed by atoms with E-state index in [1.165, 1.54) is 0 Å². The molecule has 9 heteroatoms. The molecule has 0 aliphatic carbocycles. The van der Waals surface area contributed by atoms with Gasteiger partial charge in [0.05, 0.1) is 6.54 Å². The summed E-state index contributed by atoms with van der Waals surface area (Å²) < 4.78 is 4.02. The van der Waals surface area contributed by atoms with Crippen molar-refractivity contribution in [3.05, 3.63) is 41.1 Å². The molecule has 1 aliphatic rings. The van der Waals surface area contributed by atoms with E-state index in [9.17, 15) is 4.79 Å². The van der Waals surface area contributed by atoms with Crippen LogP contribution in [0.2, 0.25) is 0 Å². The van der Waals surface area contributed by atoms with E-state index in [4.69, 9.17) is 5.10 Å². The van der Waals surface area contributed by atoms with Crippen LogP contribution in [0.15, 0.2) is 29.4 Å². The maximum Gasteiger partial charge on any atom is 0.322 e. The second-order valence-corrected chi connectivity index (χ2v) is 8.58. The van der Waals surface area contributed by atoms with Crippen molar-refractivity contribution in [2.45, 2.75) is 45.4 Å². The maximum atomic E-state index is 12.9. The number of amides is 2. The van der Waals surface area contributed by atoms with E-state index in [0.29, 0.717) is 13.1 Å². The lowest BCUT2D eigenvalue weighted by molar-refractivity contribution is 0.206. The smallest absolute Gasteiger partial charge is 0.320 e. The lowest BCUT2D eigenvalue weighted by Gasteiger charge is -2.27. The molecule has 1 N–H and O–H groups in total. The van der Waals surface area contributed by atoms with Gasteiger partial charge in [0, 0.05) is 43.5 Å². The quantitative estimate of drug-likeness (QED) is 0.630. The predicted molar refractivity (Wildman–Crippen MR) is 119 cm³/mol. The standard InChI is InChI=1S/C21H27N7OS/c1-5-28-19(23-24-21(28)30-6-2)18-16-13-27(12-11-17(16)26(4)25-18)20(29)22-15-9-7-14(3)8-10-15/h7-10H,5-6,11-13H2,1-4H3,(H,22,29). The van der Waals surface area contributed by atoms with Gasteiger partial charge < -0.3 is 14.8 Å². The van der Waals surface area contributed by atoms with E-state index in [0.717, 1.165) is 57.9 Å². The molecule has 8 nitrogen and oxygen atoms in total. The van der Waals surface area contributed by atoms with Crippen LogP contribution >= 0.6 is 11.8 Å². The molecule has 0 unspecified atom stereocenters. The first-order chi connectivity index (χ1) is 14.5. The topological polar surface area (TPSA) is 80.9 Å². The number of aryl methyl sites for hydroxylation is 2. The van der Waals surface area contributed by atoms with Crippen LogP contribution in [0.4, 0.5) is 10.5 Å². The highest BCUT2D eigenvalue weighted by atomic mass is 32.2. The van der Waals surface area contributed by atoms with Gasteiger partial charge in [-0.3, -0.25) is 4.68 Å². The number of nitrogens with one attached hydrogen (secondary N) is 1. The fourth-order valence-electron chi connectivity index (χ4n) is 3.77. The highest BCUT2D eigenvalue weighted by Gasteiger charge is 2.29. The van der Waals surface area contributed by atoms with Crippen molar-refractivity contribution < 1.29 is 4.79 Å². The molecule has 0 fully saturated rings. The van der Waals surface area contributed by atoms with E-state index >= 15 is 0 Å². The fourth-order valence-corrected chi connectivity index (χ4v) is 4.50. The highest BCUT2D eigenvalue weighted by Crippen LogP contribution is 2.31. The number of hydrogen-bond acceptors (Lipinski definition) is 5. The molecular weight excluding hydrogens is 398 g/mol. The average molecular weight is 426 g/mol. The monoisotopic (exact) mass is 425 g/mol. The van der Waals surface area contributed by atoms with Gasteiger partial charge in [-0.2, -0.15) is 5.10 Å². The minimum Gasteiger partial charge on any atom is -0.320 e. The Kier molecular flexibility index (Phi) is 5.80. The lowest BCUT2D eigenvalue weighted by atomic mass is 10.0. The number of rotatable bonds is 5. The number of fused-ring (bicyclic) bond motifs is 1. The Morgan fingerprint density at radius 3 is 2.67 bits per heavy atom. The predicted octanol–water partition coefficient (Wildman–Crippen LogP) is 3.71. The molecule has 0 saturated heterocycles. The van der Waals surface area contributed by atoms with Gasteiger partial charge >= 0.3 is 6.03 Å². The Morgan fingerprint density at radius 2 is 1.97 bits per heavy atom. The van der Waals surface area contributed by atoms with Crippen LogP contribution in [0.3, 0.4) is 0 Å². The Hall–Kier alpha value is -2.81. The zero-order valence-electron chi connectivity index (χ0n) is 17.8. The lowest BCUT2D eigenvalue weighted by Crippen LogP contribution is -2.39. The van der Waals surface area contributed by atoms with Gasteiger partial charge in [0.25, 0.3) is 0 Å². The Morgan fingerprint density at radius 1 is 1.20 bits per heavy atom. The third kappa shape index (κ3) is 3.81. The number of urea groups is 1. The van der Waals surface area contributed by atoms with Crippen molar-refractivity contribution in [1.82, 2.24) is 29.4 Å². The molecule has 3 aromatic rings. The van der Waals surface area contributed by atoms with Crippen molar-refractivity contribution in [3.8, 4) is 11.5 Å². The number of carbonyl (C=O) groups excluding carboxylic acids is 1. The minimum absolute atomic E-state index is 0.0986. The third-order valence-corrected chi connectivity index (χ3v) is 6.20. The molecule has 1 aromatic carbocycles. The SMILES string of the molecule is CCSc1nnc(-c2nn(C)c3c2CN(C(=O)Nc2ccc(C)cc2)CC3)n1CC. The van der Waals surface area contributed by atoms with Gasteiger partial charge in [0.15, 0.2) is 11.0 Å². The summed E-state index contributed by atoms with van der Waals surface area (Å²) in [5.74, 6) is 1.71. The third-order valence-electron chi connectivity index (χ3n) is 5.35. The number of nitrogens with zero attached hydrogens (tertiary/aromatic N) is 6. The first-order valence-electron chi connectivity index (χ1n) is 10.3. The number of hydrogen-bond donors (Lipinski definition) is 1. The first kappa shape index (κ1) is 20.5. The van der Waals surface area contributed by atoms with Crippen LogP contribution in [0.25, 0.3) is 11.5 Å². The van der Waals surface area contributed by atoms with Crippen LogP contribution in [-0.4, -0.2) is 47.8 Å². The summed E-state index contributed by atoms with van der Waals surface area (Å²) in [6.45, 7) is 8.15. The second kappa shape index (κ2) is 8.51. The maximum absolute atomic E-state index is 12.9. The van der Waals surface area contributed by atoms with Crippen LogP contribution in [0.5, 0.6) is 0 Å². The van der Waals surface area contributed by atoms with Crippen molar-refractivity contribution in [2.24, 2.45) is 7.05 Å². The van der Waals surface area contributed by atoms with E-state index in [1.807, 2.05) is 47.8 Å². The van der Waals surface area contributed by atoms with Crippen molar-refractivity contribution >= 4 is 23.5 Å². The van der Waals surface area contributed by atoms with Crippen LogP contribution in [-0.2, 0) is 26.6 Å². The van der Waals surface area contributed by atoms with Crippen molar-refractivity contribution in [3.63, 3.8) is 0 Å². The molecule has 4 rings (SSSR count). The van der Waals surface area contributed by atoms with Crippen LogP contribution < -0.4 is 5.32 Å². The summed E-state index contributed by atoms with van der Waals surface area (Å²) in [5, 5.41) is 17.5. The summed E-state index contributed by atoms with van der Waals surface area (Å²) in [5.41, 5.74) is 4.99. The molecule has 158 valence electrons. The zero-order valence-corrected chi connectivity index (χ0v) is 18.7. The Balaban J connectivity index is 1.61. The van der Waals surface area contributed by atoms with Gasteiger partial charge in [-0.1, -0.05) is 36.4 Å². The minimum atomic E-state index is -0.0986. The molecular formula is C21H27N7OS. The molecule has 30 heavy (non-hydrogen) atoms. The number of thioether (sulfide) groups is 1. The fraction of sp³-hybridized carbons (Fsp3) is 0.429. The van der Waals surface area contributed by atoms with Gasteiger partial charge in [-0.05, 0) is 31.7 Å². The van der Waals surface area contributed by atoms with Crippen molar-refractivity contribution in [1.29, 1.82) is 0 Å². The molecule has 0 spiro atoms. The summed E-state index contributed by atoms with van der Waals surface area (Å²) in [6.07, 6.45) is 0.761. The molecule has 0 atom stereocenters. The molecule has 2 amide bonds. The summed E-state index contributed by atoms with van der Waals surface area (Å²) in [4.78, 5) is 14.7. The highest BCUT2D eigenvalue weighted by molar-refractivity contribution is 7.99. The molecule has 0 saturated carbocycles. The average Bonchev–Trinajstić information content (AvgIpc) is 3.30. The normalized spacial score (nSPS) is 13.4. The van der Waals surface area contributed by atoms with Gasteiger partial charge in [-0.25, -0.2) is 4.79 Å². The molecule has 1 aliphatic heterocycles. The number of carbonyl (C=O) groups is 1. The van der Waals surface area contributed by atoms with Crippen LogP contribution in [0, 0.1) is 6.92 Å². The summed E-state index contributed by atoms with van der Waals surface area (Å²) in [6, 6.07) is 7.74. The van der Waals surface area contributed by atoms with Crippen LogP contribution in [0.1, 0.15) is 30.7 Å². The van der Waals surface area contributed by atoms with Crippen molar-refractivity contribution in [2.75, 3.05) is 17.6 Å². The summed E-state index contributed by atoms with van der Waals surface area (Å²) >= 11 is 1.67. The van der Waals surface area contributed by atoms with Gasteiger partial charge in [-0.15, -0.1) is 10.2 Å². The first-order valence-corrected chi connectivity index (χ1v) is 11.2. The number of aromatic nitrogens is 5. The number of anilines is 1. The van der Waals surface area contributed by atoms with E-state index in [2.05, 4.69) is 33.9 Å². The van der Waals surface area contributed by atoms with Gasteiger partial charge in [0.2, 0.25) is 0 Å². The largest absolute Gasteiger partial charge is 0.322 e. The second-order valence-electron chi connectivity index (χ2n) is 7.35. The Labute approximate surface area is 180 Å². The van der Waals surface area contributed by atoms with E-state index in [-0.39, 0.29) is 6.03 Å².